The third-order valence-corrected chi connectivity index (χ3v) is 4.82. The predicted octanol–water partition coefficient (Wildman–Crippen LogP) is 5.89. The van der Waals surface area contributed by atoms with E-state index in [2.05, 4.69) is 10.4 Å². The lowest BCUT2D eigenvalue weighted by molar-refractivity contribution is -0.138. The van der Waals surface area contributed by atoms with Crippen LogP contribution in [0, 0.1) is 0 Å². The van der Waals surface area contributed by atoms with E-state index >= 15 is 0 Å². The first-order chi connectivity index (χ1) is 13.5. The number of esters is 1. The average Bonchev–Trinajstić information content (AvgIpc) is 2.97. The number of carbonyl (C=O) groups is 1. The maximum atomic E-state index is 12.9. The average molecular weight is 432 g/mol. The van der Waals surface area contributed by atoms with Gasteiger partial charge in [-0.05, 0) is 44.4 Å². The number of anilines is 1. The highest BCUT2D eigenvalue weighted by Gasteiger charge is 2.36. The smallest absolute Gasteiger partial charge is 0.408 e. The molecule has 2 rings (SSSR count). The summed E-state index contributed by atoms with van der Waals surface area (Å²) in [6, 6.07) is 3.26. The van der Waals surface area contributed by atoms with Crippen LogP contribution in [0.4, 0.5) is 18.9 Å². The molecule has 29 heavy (non-hydrogen) atoms. The van der Waals surface area contributed by atoms with Gasteiger partial charge in [-0.15, -0.1) is 0 Å². The van der Waals surface area contributed by atoms with Crippen molar-refractivity contribution in [3.8, 4) is 11.3 Å². The number of alkyl halides is 3. The molecule has 1 unspecified atom stereocenters. The van der Waals surface area contributed by atoms with Crippen LogP contribution < -0.4 is 5.32 Å². The van der Waals surface area contributed by atoms with Gasteiger partial charge >= 0.3 is 12.1 Å². The number of hydrogen-bond donors (Lipinski definition) is 1. The summed E-state index contributed by atoms with van der Waals surface area (Å²) in [7, 11) is 0. The Bertz CT molecular complexity index is 879. The normalized spacial score (nSPS) is 12.9. The molecule has 0 saturated carbocycles. The standard InChI is InChI=1S/C20H25ClF3N3O2/c1-6-27-18(16(21)17(26-27)19(28)29-7-2)14-9-8-13(10-15(14)11(3)4)25-12(5)20(22,23)24/h8-12,25H,6-7H2,1-5H3. The molecular formula is C20H25ClF3N3O2. The van der Waals surface area contributed by atoms with Crippen LogP contribution in [0.3, 0.4) is 0 Å². The molecule has 0 saturated heterocycles. The summed E-state index contributed by atoms with van der Waals surface area (Å²) in [4.78, 5) is 12.2. The van der Waals surface area contributed by atoms with Crippen molar-refractivity contribution in [3.05, 3.63) is 34.5 Å². The first kappa shape index (κ1) is 23.1. The molecule has 160 valence electrons. The topological polar surface area (TPSA) is 56.1 Å². The number of carbonyl (C=O) groups excluding carboxylic acids is 1. The highest BCUT2D eigenvalue weighted by molar-refractivity contribution is 6.35. The highest BCUT2D eigenvalue weighted by atomic mass is 35.5. The van der Waals surface area contributed by atoms with Crippen molar-refractivity contribution in [2.24, 2.45) is 0 Å². The second-order valence-electron chi connectivity index (χ2n) is 6.91. The maximum absolute atomic E-state index is 12.9. The van der Waals surface area contributed by atoms with Crippen molar-refractivity contribution in [1.29, 1.82) is 0 Å². The number of ether oxygens (including phenoxy) is 1. The Balaban J connectivity index is 2.56. The van der Waals surface area contributed by atoms with E-state index in [1.165, 1.54) is 0 Å². The summed E-state index contributed by atoms with van der Waals surface area (Å²) in [6.07, 6.45) is -4.35. The van der Waals surface area contributed by atoms with Gasteiger partial charge in [0.1, 0.15) is 11.1 Å². The van der Waals surface area contributed by atoms with Crippen molar-refractivity contribution in [1.82, 2.24) is 9.78 Å². The van der Waals surface area contributed by atoms with Crippen molar-refractivity contribution in [2.45, 2.75) is 59.3 Å². The van der Waals surface area contributed by atoms with E-state index in [1.54, 1.807) is 29.8 Å². The molecule has 1 heterocycles. The van der Waals surface area contributed by atoms with Gasteiger partial charge in [-0.2, -0.15) is 18.3 Å². The van der Waals surface area contributed by atoms with Crippen LogP contribution in [0.5, 0.6) is 0 Å². The van der Waals surface area contributed by atoms with E-state index in [9.17, 15) is 18.0 Å². The Morgan fingerprint density at radius 2 is 1.93 bits per heavy atom. The van der Waals surface area contributed by atoms with Crippen molar-refractivity contribution >= 4 is 23.3 Å². The summed E-state index contributed by atoms with van der Waals surface area (Å²) in [6.45, 7) is 9.13. The van der Waals surface area contributed by atoms with Crippen LogP contribution in [-0.4, -0.2) is 34.6 Å². The van der Waals surface area contributed by atoms with Gasteiger partial charge in [-0.25, -0.2) is 4.79 Å². The Morgan fingerprint density at radius 1 is 1.28 bits per heavy atom. The quantitative estimate of drug-likeness (QED) is 0.555. The SMILES string of the molecule is CCOC(=O)c1nn(CC)c(-c2ccc(NC(C)C(F)(F)F)cc2C(C)C)c1Cl. The molecule has 0 aliphatic rings. The summed E-state index contributed by atoms with van der Waals surface area (Å²) in [5.41, 5.74) is 2.41. The van der Waals surface area contributed by atoms with Gasteiger partial charge in [0.25, 0.3) is 0 Å². The molecule has 0 amide bonds. The van der Waals surface area contributed by atoms with Gasteiger partial charge in [0.05, 0.1) is 12.3 Å². The lowest BCUT2D eigenvalue weighted by Crippen LogP contribution is -2.33. The zero-order valence-corrected chi connectivity index (χ0v) is 17.8. The summed E-state index contributed by atoms with van der Waals surface area (Å²) >= 11 is 6.49. The third kappa shape index (κ3) is 5.04. The molecule has 0 aliphatic carbocycles. The number of rotatable bonds is 7. The van der Waals surface area contributed by atoms with Crippen LogP contribution in [0.15, 0.2) is 18.2 Å². The van der Waals surface area contributed by atoms with E-state index in [0.29, 0.717) is 23.5 Å². The van der Waals surface area contributed by atoms with Crippen LogP contribution >= 0.6 is 11.6 Å². The largest absolute Gasteiger partial charge is 0.461 e. The van der Waals surface area contributed by atoms with E-state index in [4.69, 9.17) is 16.3 Å². The molecule has 0 spiro atoms. The number of benzene rings is 1. The molecule has 1 N–H and O–H groups in total. The zero-order valence-electron chi connectivity index (χ0n) is 17.0. The van der Waals surface area contributed by atoms with E-state index in [1.807, 2.05) is 20.8 Å². The fraction of sp³-hybridized carbons (Fsp3) is 0.500. The number of aromatic nitrogens is 2. The maximum Gasteiger partial charge on any atom is 0.408 e. The minimum absolute atomic E-state index is 0.00439. The molecule has 1 atom stereocenters. The minimum atomic E-state index is -4.35. The van der Waals surface area contributed by atoms with E-state index in [0.717, 1.165) is 12.5 Å². The summed E-state index contributed by atoms with van der Waals surface area (Å²) in [5.74, 6) is -0.621. The van der Waals surface area contributed by atoms with Gasteiger partial charge in [0.2, 0.25) is 0 Å². The summed E-state index contributed by atoms with van der Waals surface area (Å²) < 4.78 is 45.3. The van der Waals surface area contributed by atoms with E-state index < -0.39 is 18.2 Å². The molecule has 9 heteroatoms. The lowest BCUT2D eigenvalue weighted by Gasteiger charge is -2.21. The third-order valence-electron chi connectivity index (χ3n) is 4.47. The molecule has 2 aromatic rings. The van der Waals surface area contributed by atoms with E-state index in [-0.39, 0.29) is 23.2 Å². The second-order valence-corrected chi connectivity index (χ2v) is 7.29. The fourth-order valence-electron chi connectivity index (χ4n) is 2.93. The van der Waals surface area contributed by atoms with Gasteiger partial charge in [0.15, 0.2) is 5.69 Å². The lowest BCUT2D eigenvalue weighted by atomic mass is 9.94. The molecule has 0 bridgehead atoms. The van der Waals surface area contributed by atoms with Crippen LogP contribution in [0.25, 0.3) is 11.3 Å². The minimum Gasteiger partial charge on any atom is -0.461 e. The second kappa shape index (κ2) is 9.07. The number of hydrogen-bond acceptors (Lipinski definition) is 4. The Labute approximate surface area is 173 Å². The monoisotopic (exact) mass is 431 g/mol. The van der Waals surface area contributed by atoms with Crippen molar-refractivity contribution in [3.63, 3.8) is 0 Å². The molecule has 0 fully saturated rings. The first-order valence-electron chi connectivity index (χ1n) is 9.42. The van der Waals surface area contributed by atoms with Crippen molar-refractivity contribution < 1.29 is 22.7 Å². The molecule has 0 radical (unpaired) electrons. The number of halogens is 4. The number of nitrogens with one attached hydrogen (secondary N) is 1. The number of nitrogens with zero attached hydrogens (tertiary/aromatic N) is 2. The Kier molecular flexibility index (Phi) is 7.21. The molecule has 5 nitrogen and oxygen atoms in total. The van der Waals surface area contributed by atoms with Gasteiger partial charge in [-0.3, -0.25) is 4.68 Å². The van der Waals surface area contributed by atoms with Gasteiger partial charge in [0, 0.05) is 17.8 Å². The first-order valence-corrected chi connectivity index (χ1v) is 9.79. The highest BCUT2D eigenvalue weighted by Crippen LogP contribution is 2.38. The molecule has 1 aromatic heterocycles. The van der Waals surface area contributed by atoms with Crippen LogP contribution in [0.2, 0.25) is 5.02 Å². The number of aryl methyl sites for hydroxylation is 1. The fourth-order valence-corrected chi connectivity index (χ4v) is 3.25. The molecule has 1 aromatic carbocycles. The predicted molar refractivity (Wildman–Crippen MR) is 108 cm³/mol. The van der Waals surface area contributed by atoms with Gasteiger partial charge in [-0.1, -0.05) is 31.5 Å². The molecular weight excluding hydrogens is 407 g/mol. The zero-order chi connectivity index (χ0) is 21.9. The van der Waals surface area contributed by atoms with Gasteiger partial charge < -0.3 is 10.1 Å². The van der Waals surface area contributed by atoms with Crippen LogP contribution in [-0.2, 0) is 11.3 Å². The summed E-state index contributed by atoms with van der Waals surface area (Å²) in [5, 5.41) is 6.92. The van der Waals surface area contributed by atoms with Crippen LogP contribution in [0.1, 0.15) is 56.6 Å². The van der Waals surface area contributed by atoms with Crippen molar-refractivity contribution in [2.75, 3.05) is 11.9 Å². The Morgan fingerprint density at radius 3 is 2.45 bits per heavy atom. The Hall–Kier alpha value is -2.22. The molecule has 0 aliphatic heterocycles.